The molecule has 0 saturated heterocycles. The smallest absolute Gasteiger partial charge is 0.137 e. The lowest BCUT2D eigenvalue weighted by Gasteiger charge is -2.18. The summed E-state index contributed by atoms with van der Waals surface area (Å²) < 4.78 is 5.23. The van der Waals surface area contributed by atoms with E-state index in [4.69, 9.17) is 4.74 Å². The van der Waals surface area contributed by atoms with Crippen LogP contribution in [0.5, 0.6) is 5.75 Å². The third-order valence-corrected chi connectivity index (χ3v) is 3.01. The second kappa shape index (κ2) is 6.85. The molecule has 100 valence electrons. The minimum absolute atomic E-state index is 0.231. The van der Waals surface area contributed by atoms with E-state index in [1.54, 1.807) is 13.3 Å². The third-order valence-electron chi connectivity index (χ3n) is 3.01. The molecule has 1 atom stereocenters. The van der Waals surface area contributed by atoms with Gasteiger partial charge in [-0.1, -0.05) is 6.92 Å². The second-order valence-corrected chi connectivity index (χ2v) is 4.33. The maximum Gasteiger partial charge on any atom is 0.137 e. The molecule has 0 fully saturated rings. The van der Waals surface area contributed by atoms with Gasteiger partial charge in [-0.15, -0.1) is 0 Å². The Morgan fingerprint density at radius 3 is 2.68 bits per heavy atom. The summed E-state index contributed by atoms with van der Waals surface area (Å²) in [7, 11) is 1.66. The average molecular weight is 257 g/mol. The van der Waals surface area contributed by atoms with E-state index >= 15 is 0 Å². The molecule has 0 bridgehead atoms. The minimum atomic E-state index is 0.231. The van der Waals surface area contributed by atoms with E-state index in [0.29, 0.717) is 0 Å². The number of likely N-dealkylation sites (N-methyl/N-ethyl adjacent to an activating group) is 1. The van der Waals surface area contributed by atoms with Crippen LogP contribution in [0.4, 0.5) is 0 Å². The Balaban J connectivity index is 2.19. The van der Waals surface area contributed by atoms with Gasteiger partial charge in [0.2, 0.25) is 0 Å². The van der Waals surface area contributed by atoms with Crippen molar-refractivity contribution in [1.29, 1.82) is 0 Å². The van der Waals surface area contributed by atoms with Crippen molar-refractivity contribution in [3.05, 3.63) is 54.1 Å². The molecule has 4 heteroatoms. The first kappa shape index (κ1) is 13.5. The van der Waals surface area contributed by atoms with Gasteiger partial charge in [-0.05, 0) is 42.3 Å². The molecule has 0 aliphatic carbocycles. The highest BCUT2D eigenvalue weighted by Crippen LogP contribution is 2.21. The van der Waals surface area contributed by atoms with Crippen LogP contribution < -0.4 is 10.1 Å². The molecule has 1 unspecified atom stereocenters. The highest BCUT2D eigenvalue weighted by Gasteiger charge is 2.12. The van der Waals surface area contributed by atoms with Gasteiger partial charge in [0, 0.05) is 24.6 Å². The molecule has 0 saturated carbocycles. The van der Waals surface area contributed by atoms with E-state index in [2.05, 4.69) is 22.2 Å². The van der Waals surface area contributed by atoms with Crippen LogP contribution in [-0.2, 0) is 6.42 Å². The maximum absolute atomic E-state index is 5.23. The highest BCUT2D eigenvalue weighted by molar-refractivity contribution is 5.27. The summed E-state index contributed by atoms with van der Waals surface area (Å²) in [4.78, 5) is 8.27. The summed E-state index contributed by atoms with van der Waals surface area (Å²) in [5.41, 5.74) is 2.39. The van der Waals surface area contributed by atoms with Gasteiger partial charge in [0.1, 0.15) is 5.75 Å². The van der Waals surface area contributed by atoms with Crippen LogP contribution in [0.15, 0.2) is 43.0 Å². The van der Waals surface area contributed by atoms with Crippen molar-refractivity contribution >= 4 is 0 Å². The normalized spacial score (nSPS) is 12.1. The molecule has 0 radical (unpaired) electrons. The van der Waals surface area contributed by atoms with Gasteiger partial charge < -0.3 is 10.1 Å². The number of hydrogen-bond donors (Lipinski definition) is 1. The quantitative estimate of drug-likeness (QED) is 0.863. The van der Waals surface area contributed by atoms with Gasteiger partial charge >= 0.3 is 0 Å². The summed E-state index contributed by atoms with van der Waals surface area (Å²) in [6.45, 7) is 3.01. The van der Waals surface area contributed by atoms with Crippen molar-refractivity contribution < 1.29 is 4.74 Å². The summed E-state index contributed by atoms with van der Waals surface area (Å²) in [5.74, 6) is 0.787. The Morgan fingerprint density at radius 1 is 1.21 bits per heavy atom. The lowest BCUT2D eigenvalue weighted by atomic mass is 10.0. The summed E-state index contributed by atoms with van der Waals surface area (Å²) in [6, 6.07) is 6.34. The van der Waals surface area contributed by atoms with Crippen molar-refractivity contribution in [1.82, 2.24) is 15.3 Å². The Bertz CT molecular complexity index is 502. The fourth-order valence-electron chi connectivity index (χ4n) is 2.05. The fourth-order valence-corrected chi connectivity index (χ4v) is 2.05. The van der Waals surface area contributed by atoms with E-state index in [1.165, 1.54) is 5.56 Å². The Morgan fingerprint density at radius 2 is 2.00 bits per heavy atom. The van der Waals surface area contributed by atoms with E-state index in [0.717, 1.165) is 24.3 Å². The van der Waals surface area contributed by atoms with Crippen LogP contribution in [0.1, 0.15) is 24.1 Å². The van der Waals surface area contributed by atoms with Crippen molar-refractivity contribution in [3.8, 4) is 5.75 Å². The van der Waals surface area contributed by atoms with Crippen molar-refractivity contribution in [2.75, 3.05) is 13.7 Å². The highest BCUT2D eigenvalue weighted by atomic mass is 16.5. The molecule has 19 heavy (non-hydrogen) atoms. The van der Waals surface area contributed by atoms with Gasteiger partial charge in [0.25, 0.3) is 0 Å². The lowest BCUT2D eigenvalue weighted by molar-refractivity contribution is 0.410. The first-order chi connectivity index (χ1) is 9.33. The van der Waals surface area contributed by atoms with Crippen molar-refractivity contribution in [2.24, 2.45) is 0 Å². The van der Waals surface area contributed by atoms with Crippen molar-refractivity contribution in [3.63, 3.8) is 0 Å². The predicted octanol–water partition coefficient (Wildman–Crippen LogP) is 2.38. The van der Waals surface area contributed by atoms with E-state index in [9.17, 15) is 0 Å². The van der Waals surface area contributed by atoms with Crippen LogP contribution in [-0.4, -0.2) is 23.6 Å². The van der Waals surface area contributed by atoms with E-state index in [-0.39, 0.29) is 6.04 Å². The van der Waals surface area contributed by atoms with Crippen LogP contribution in [0.25, 0.3) is 0 Å². The Kier molecular flexibility index (Phi) is 4.86. The molecule has 0 spiro atoms. The molecule has 0 aliphatic heterocycles. The second-order valence-electron chi connectivity index (χ2n) is 4.33. The summed E-state index contributed by atoms with van der Waals surface area (Å²) >= 11 is 0. The van der Waals surface area contributed by atoms with Crippen LogP contribution in [0.2, 0.25) is 0 Å². The third kappa shape index (κ3) is 3.76. The molecular formula is C15H19N3O. The number of nitrogens with one attached hydrogen (secondary N) is 1. The molecule has 0 aliphatic rings. The maximum atomic E-state index is 5.23. The summed E-state index contributed by atoms with van der Waals surface area (Å²) in [6.07, 6.45) is 8.16. The molecule has 2 heterocycles. The molecule has 0 aromatic carbocycles. The zero-order valence-corrected chi connectivity index (χ0v) is 11.3. The van der Waals surface area contributed by atoms with Gasteiger partial charge in [-0.25, -0.2) is 0 Å². The average Bonchev–Trinajstić information content (AvgIpc) is 2.48. The monoisotopic (exact) mass is 257 g/mol. The predicted molar refractivity (Wildman–Crippen MR) is 75.1 cm³/mol. The molecule has 0 amide bonds. The number of hydrogen-bond acceptors (Lipinski definition) is 4. The van der Waals surface area contributed by atoms with Gasteiger partial charge in [0.15, 0.2) is 0 Å². The minimum Gasteiger partial charge on any atom is -0.495 e. The number of methoxy groups -OCH3 is 1. The fraction of sp³-hybridized carbons (Fsp3) is 0.333. The number of aromatic nitrogens is 2. The zero-order chi connectivity index (χ0) is 13.5. The molecule has 2 aromatic heterocycles. The number of rotatable bonds is 6. The van der Waals surface area contributed by atoms with Crippen LogP contribution in [0.3, 0.4) is 0 Å². The number of nitrogens with zero attached hydrogens (tertiary/aromatic N) is 2. The topological polar surface area (TPSA) is 47.0 Å². The molecule has 1 N–H and O–H groups in total. The molecule has 2 rings (SSSR count). The van der Waals surface area contributed by atoms with Crippen LogP contribution >= 0.6 is 0 Å². The van der Waals surface area contributed by atoms with Crippen molar-refractivity contribution in [2.45, 2.75) is 19.4 Å². The Hall–Kier alpha value is -1.94. The van der Waals surface area contributed by atoms with E-state index < -0.39 is 0 Å². The van der Waals surface area contributed by atoms with Gasteiger partial charge in [-0.3, -0.25) is 9.97 Å². The molecular weight excluding hydrogens is 238 g/mol. The largest absolute Gasteiger partial charge is 0.495 e. The Labute approximate surface area is 113 Å². The number of pyridine rings is 2. The first-order valence-corrected chi connectivity index (χ1v) is 6.44. The number of ether oxygens (including phenoxy) is 1. The lowest BCUT2D eigenvalue weighted by Crippen LogP contribution is -2.23. The SMILES string of the molecule is CCNC(Cc1ccncc1)c1cncc(OC)c1. The molecule has 4 nitrogen and oxygen atoms in total. The first-order valence-electron chi connectivity index (χ1n) is 6.44. The standard InChI is InChI=1S/C15H19N3O/c1-3-18-15(8-12-4-6-16-7-5-12)13-9-14(19-2)11-17-10-13/h4-7,9-11,15,18H,3,8H2,1-2H3. The van der Waals surface area contributed by atoms with E-state index in [1.807, 2.05) is 36.8 Å². The van der Waals surface area contributed by atoms with Gasteiger partial charge in [-0.2, -0.15) is 0 Å². The molecule has 2 aromatic rings. The summed E-state index contributed by atoms with van der Waals surface area (Å²) in [5, 5.41) is 3.48. The van der Waals surface area contributed by atoms with Gasteiger partial charge in [0.05, 0.1) is 13.3 Å². The van der Waals surface area contributed by atoms with Crippen LogP contribution in [0, 0.1) is 0 Å². The zero-order valence-electron chi connectivity index (χ0n) is 11.3.